The number of pyridine rings is 1. The summed E-state index contributed by atoms with van der Waals surface area (Å²) in [4.78, 5) is 17.2. The van der Waals surface area contributed by atoms with Crippen LogP contribution in [0.25, 0.3) is 11.3 Å². The first-order valence-corrected chi connectivity index (χ1v) is 12.9. The van der Waals surface area contributed by atoms with E-state index in [1.165, 1.54) is 0 Å². The number of carbonyl (C=O) groups excluding carboxylic acids is 1. The van der Waals surface area contributed by atoms with Crippen LogP contribution in [0.5, 0.6) is 5.75 Å². The molecule has 4 N–H and O–H groups in total. The van der Waals surface area contributed by atoms with Gasteiger partial charge in [0.1, 0.15) is 23.8 Å². The number of aromatic nitrogens is 1. The molecule has 4 rings (SSSR count). The van der Waals surface area contributed by atoms with Gasteiger partial charge in [0, 0.05) is 23.6 Å². The van der Waals surface area contributed by atoms with Crippen molar-refractivity contribution in [3.05, 3.63) is 113 Å². The highest BCUT2D eigenvalue weighted by Gasteiger charge is 2.24. The Bertz CT molecular complexity index is 1390. The van der Waals surface area contributed by atoms with Crippen molar-refractivity contribution in [2.24, 2.45) is 0 Å². The predicted molar refractivity (Wildman–Crippen MR) is 153 cm³/mol. The van der Waals surface area contributed by atoms with Gasteiger partial charge >= 0.3 is 6.09 Å². The SMILES string of the molecule is CC(C)(C)OC(=O)NCC(c1ccccc1)c1cc(-c2ccccc2OCc2ccccc2)nc(N)c1CO. The maximum atomic E-state index is 12.5. The number of amides is 1. The maximum Gasteiger partial charge on any atom is 0.407 e. The van der Waals surface area contributed by atoms with Crippen LogP contribution in [-0.4, -0.2) is 28.3 Å². The molecule has 4 aromatic rings. The molecule has 202 valence electrons. The maximum absolute atomic E-state index is 12.5. The van der Waals surface area contributed by atoms with Gasteiger partial charge in [-0.2, -0.15) is 0 Å². The Labute approximate surface area is 229 Å². The number of ether oxygens (including phenoxy) is 2. The number of para-hydroxylation sites is 1. The van der Waals surface area contributed by atoms with E-state index in [9.17, 15) is 9.90 Å². The van der Waals surface area contributed by atoms with E-state index in [4.69, 9.17) is 15.2 Å². The van der Waals surface area contributed by atoms with Gasteiger partial charge in [0.2, 0.25) is 0 Å². The van der Waals surface area contributed by atoms with Crippen LogP contribution >= 0.6 is 0 Å². The molecule has 7 nitrogen and oxygen atoms in total. The fourth-order valence-corrected chi connectivity index (χ4v) is 4.36. The van der Waals surface area contributed by atoms with E-state index >= 15 is 0 Å². The Hall–Kier alpha value is -4.36. The van der Waals surface area contributed by atoms with E-state index in [0.29, 0.717) is 23.6 Å². The van der Waals surface area contributed by atoms with Gasteiger partial charge in [-0.25, -0.2) is 9.78 Å². The van der Waals surface area contributed by atoms with Gasteiger partial charge in [-0.15, -0.1) is 0 Å². The molecule has 39 heavy (non-hydrogen) atoms. The van der Waals surface area contributed by atoms with Crippen LogP contribution in [0.2, 0.25) is 0 Å². The van der Waals surface area contributed by atoms with Crippen LogP contribution in [0.4, 0.5) is 10.6 Å². The summed E-state index contributed by atoms with van der Waals surface area (Å²) in [5, 5.41) is 13.2. The summed E-state index contributed by atoms with van der Waals surface area (Å²) in [6.45, 7) is 5.80. The zero-order valence-electron chi connectivity index (χ0n) is 22.6. The van der Waals surface area contributed by atoms with E-state index in [1.807, 2.05) is 112 Å². The quantitative estimate of drug-likeness (QED) is 0.245. The van der Waals surface area contributed by atoms with Crippen molar-refractivity contribution >= 4 is 11.9 Å². The number of nitrogens with zero attached hydrogens (tertiary/aromatic N) is 1. The number of anilines is 1. The Morgan fingerprint density at radius 2 is 1.62 bits per heavy atom. The molecule has 1 unspecified atom stereocenters. The molecule has 0 aliphatic rings. The zero-order valence-corrected chi connectivity index (χ0v) is 22.6. The molecule has 0 fully saturated rings. The molecular weight excluding hydrogens is 490 g/mol. The lowest BCUT2D eigenvalue weighted by Crippen LogP contribution is -2.35. The van der Waals surface area contributed by atoms with Crippen molar-refractivity contribution in [2.75, 3.05) is 12.3 Å². The lowest BCUT2D eigenvalue weighted by molar-refractivity contribution is 0.0526. The van der Waals surface area contributed by atoms with Gasteiger partial charge in [0.05, 0.1) is 12.3 Å². The van der Waals surface area contributed by atoms with Gasteiger partial charge in [-0.3, -0.25) is 0 Å². The average Bonchev–Trinajstić information content (AvgIpc) is 2.92. The van der Waals surface area contributed by atoms with Crippen LogP contribution in [0.3, 0.4) is 0 Å². The summed E-state index contributed by atoms with van der Waals surface area (Å²) in [5.41, 5.74) is 10.5. The number of nitrogen functional groups attached to an aromatic ring is 1. The molecule has 0 saturated heterocycles. The van der Waals surface area contributed by atoms with E-state index in [0.717, 1.165) is 22.3 Å². The molecule has 3 aromatic carbocycles. The molecule has 0 bridgehead atoms. The number of benzene rings is 3. The molecule has 1 atom stereocenters. The van der Waals surface area contributed by atoms with Crippen molar-refractivity contribution in [1.82, 2.24) is 10.3 Å². The third kappa shape index (κ3) is 7.36. The summed E-state index contributed by atoms with van der Waals surface area (Å²) in [7, 11) is 0. The second kappa shape index (κ2) is 12.5. The monoisotopic (exact) mass is 525 g/mol. The molecule has 0 aliphatic heterocycles. The van der Waals surface area contributed by atoms with Crippen LogP contribution in [0.1, 0.15) is 48.9 Å². The fraction of sp³-hybridized carbons (Fsp3) is 0.250. The smallest absolute Gasteiger partial charge is 0.407 e. The lowest BCUT2D eigenvalue weighted by Gasteiger charge is -2.25. The van der Waals surface area contributed by atoms with Gasteiger partial charge < -0.3 is 25.6 Å². The summed E-state index contributed by atoms with van der Waals surface area (Å²) >= 11 is 0. The summed E-state index contributed by atoms with van der Waals surface area (Å²) in [5.74, 6) is 0.572. The standard InChI is InChI=1S/C32H35N3O4/c1-32(2,3)39-31(37)34-19-26(23-14-8-5-9-15-23)25-18-28(35-30(33)27(25)20-36)24-16-10-11-17-29(24)38-21-22-12-6-4-7-13-22/h4-18,26,36H,19-21H2,1-3H3,(H2,33,35)(H,34,37). The minimum Gasteiger partial charge on any atom is -0.488 e. The van der Waals surface area contributed by atoms with Crippen molar-refractivity contribution in [1.29, 1.82) is 0 Å². The Morgan fingerprint density at radius 1 is 0.974 bits per heavy atom. The first-order valence-electron chi connectivity index (χ1n) is 12.9. The summed E-state index contributed by atoms with van der Waals surface area (Å²) in [6.07, 6.45) is -0.518. The lowest BCUT2D eigenvalue weighted by atomic mass is 9.87. The van der Waals surface area contributed by atoms with Crippen molar-refractivity contribution in [3.63, 3.8) is 0 Å². The number of aliphatic hydroxyl groups excluding tert-OH is 1. The largest absolute Gasteiger partial charge is 0.488 e. The van der Waals surface area contributed by atoms with Gasteiger partial charge in [-0.05, 0) is 55.7 Å². The topological polar surface area (TPSA) is 107 Å². The van der Waals surface area contributed by atoms with Gasteiger partial charge in [0.25, 0.3) is 0 Å². The molecule has 7 heteroatoms. The van der Waals surface area contributed by atoms with Gasteiger partial charge in [-0.1, -0.05) is 72.8 Å². The van der Waals surface area contributed by atoms with Crippen LogP contribution in [0, 0.1) is 0 Å². The number of nitrogens with two attached hydrogens (primary N) is 1. The second-order valence-corrected chi connectivity index (χ2v) is 10.2. The number of aliphatic hydroxyl groups is 1. The minimum absolute atomic E-state index is 0.223. The number of carbonyl (C=O) groups is 1. The summed E-state index contributed by atoms with van der Waals surface area (Å²) in [6, 6.07) is 29.3. The Balaban J connectivity index is 1.72. The number of hydrogen-bond donors (Lipinski definition) is 3. The second-order valence-electron chi connectivity index (χ2n) is 10.2. The third-order valence-electron chi connectivity index (χ3n) is 6.18. The number of nitrogens with one attached hydrogen (secondary N) is 1. The minimum atomic E-state index is -0.625. The first kappa shape index (κ1) is 27.7. The van der Waals surface area contributed by atoms with Crippen molar-refractivity contribution < 1.29 is 19.4 Å². The number of hydrogen-bond acceptors (Lipinski definition) is 6. The fourth-order valence-electron chi connectivity index (χ4n) is 4.36. The Kier molecular flexibility index (Phi) is 8.84. The third-order valence-corrected chi connectivity index (χ3v) is 6.18. The highest BCUT2D eigenvalue weighted by atomic mass is 16.6. The molecule has 0 radical (unpaired) electrons. The highest BCUT2D eigenvalue weighted by Crippen LogP contribution is 2.36. The highest BCUT2D eigenvalue weighted by molar-refractivity contribution is 5.71. The predicted octanol–water partition coefficient (Wildman–Crippen LogP) is 6.06. The number of alkyl carbamates (subject to hydrolysis) is 1. The van der Waals surface area contributed by atoms with Crippen LogP contribution < -0.4 is 15.8 Å². The molecular formula is C32H35N3O4. The van der Waals surface area contributed by atoms with Crippen molar-refractivity contribution in [2.45, 2.75) is 45.5 Å². The summed E-state index contributed by atoms with van der Waals surface area (Å²) < 4.78 is 11.6. The van der Waals surface area contributed by atoms with Crippen LogP contribution in [-0.2, 0) is 18.0 Å². The molecule has 1 amide bonds. The van der Waals surface area contributed by atoms with Crippen molar-refractivity contribution in [3.8, 4) is 17.0 Å². The molecule has 0 spiro atoms. The van der Waals surface area contributed by atoms with E-state index < -0.39 is 11.7 Å². The molecule has 1 heterocycles. The van der Waals surface area contributed by atoms with Crippen LogP contribution in [0.15, 0.2) is 91.0 Å². The molecule has 0 saturated carbocycles. The van der Waals surface area contributed by atoms with E-state index in [1.54, 1.807) is 0 Å². The first-order chi connectivity index (χ1) is 18.7. The molecule has 0 aliphatic carbocycles. The van der Waals surface area contributed by atoms with Gasteiger partial charge in [0.15, 0.2) is 0 Å². The normalized spacial score (nSPS) is 12.0. The van der Waals surface area contributed by atoms with E-state index in [2.05, 4.69) is 10.3 Å². The average molecular weight is 526 g/mol. The molecule has 1 aromatic heterocycles. The number of rotatable bonds is 9. The Morgan fingerprint density at radius 3 is 2.28 bits per heavy atom. The van der Waals surface area contributed by atoms with E-state index in [-0.39, 0.29) is 24.9 Å². The zero-order chi connectivity index (χ0) is 27.8.